The fourth-order valence-electron chi connectivity index (χ4n) is 3.13. The van der Waals surface area contributed by atoms with Crippen LogP contribution in [0.5, 0.6) is 0 Å². The first-order valence-electron chi connectivity index (χ1n) is 9.34. The lowest BCUT2D eigenvalue weighted by molar-refractivity contribution is -0.159. The highest BCUT2D eigenvalue weighted by Gasteiger charge is 2.38. The maximum absolute atomic E-state index is 12.7. The molecule has 4 rings (SSSR count). The minimum atomic E-state index is -4.67. The first-order valence-corrected chi connectivity index (χ1v) is 9.34. The Kier molecular flexibility index (Phi) is 5.05. The van der Waals surface area contributed by atoms with Gasteiger partial charge in [0.1, 0.15) is 0 Å². The van der Waals surface area contributed by atoms with E-state index >= 15 is 0 Å². The van der Waals surface area contributed by atoms with E-state index in [2.05, 4.69) is 50.8 Å². The van der Waals surface area contributed by atoms with Crippen LogP contribution >= 0.6 is 0 Å². The van der Waals surface area contributed by atoms with E-state index in [0.29, 0.717) is 5.56 Å². The van der Waals surface area contributed by atoms with Gasteiger partial charge < -0.3 is 4.52 Å². The van der Waals surface area contributed by atoms with Crippen molar-refractivity contribution in [3.8, 4) is 22.5 Å². The number of nitrogens with zero attached hydrogens (tertiary/aromatic N) is 3. The molecule has 4 nitrogen and oxygen atoms in total. The normalized spacial score (nSPS) is 11.9. The van der Waals surface area contributed by atoms with Gasteiger partial charge >= 0.3 is 12.1 Å². The highest BCUT2D eigenvalue weighted by atomic mass is 19.4. The number of aromatic nitrogens is 3. The predicted molar refractivity (Wildman–Crippen MR) is 104 cm³/mol. The van der Waals surface area contributed by atoms with Crippen molar-refractivity contribution in [2.75, 3.05) is 0 Å². The SMILES string of the molecule is CCCCc1ccc(-c2ccc3ncc(-c4noc(C(F)(F)F)n4)cc3c2)cc1. The summed E-state index contributed by atoms with van der Waals surface area (Å²) in [5.74, 6) is -1.51. The highest BCUT2D eigenvalue weighted by molar-refractivity contribution is 5.87. The molecule has 0 saturated heterocycles. The molecule has 0 radical (unpaired) electrons. The number of benzene rings is 2. The minimum Gasteiger partial charge on any atom is -0.329 e. The summed E-state index contributed by atoms with van der Waals surface area (Å²) in [6, 6.07) is 16.0. The van der Waals surface area contributed by atoms with Gasteiger partial charge in [0, 0.05) is 17.1 Å². The summed E-state index contributed by atoms with van der Waals surface area (Å²) in [7, 11) is 0. The third-order valence-electron chi connectivity index (χ3n) is 4.71. The van der Waals surface area contributed by atoms with E-state index in [9.17, 15) is 13.2 Å². The van der Waals surface area contributed by atoms with Gasteiger partial charge in [-0.3, -0.25) is 4.98 Å². The zero-order valence-electron chi connectivity index (χ0n) is 15.7. The number of hydrogen-bond donors (Lipinski definition) is 0. The third-order valence-corrected chi connectivity index (χ3v) is 4.71. The summed E-state index contributed by atoms with van der Waals surface area (Å²) in [6.07, 6.45) is 0.149. The molecule has 0 atom stereocenters. The van der Waals surface area contributed by atoms with Gasteiger partial charge in [-0.2, -0.15) is 18.2 Å². The Labute approximate surface area is 165 Å². The van der Waals surface area contributed by atoms with Crippen LogP contribution in [-0.2, 0) is 12.6 Å². The number of pyridine rings is 1. The average molecular weight is 397 g/mol. The smallest absolute Gasteiger partial charge is 0.329 e. The van der Waals surface area contributed by atoms with Gasteiger partial charge in [-0.05, 0) is 47.7 Å². The van der Waals surface area contributed by atoms with Crippen LogP contribution in [-0.4, -0.2) is 15.1 Å². The molecule has 0 N–H and O–H groups in total. The van der Waals surface area contributed by atoms with Gasteiger partial charge in [-0.1, -0.05) is 48.8 Å². The van der Waals surface area contributed by atoms with Crippen LogP contribution in [0.2, 0.25) is 0 Å². The first-order chi connectivity index (χ1) is 13.9. The Hall–Kier alpha value is -3.22. The molecule has 0 bridgehead atoms. The van der Waals surface area contributed by atoms with Crippen molar-refractivity contribution in [1.29, 1.82) is 0 Å². The zero-order chi connectivity index (χ0) is 20.4. The van der Waals surface area contributed by atoms with Crippen molar-refractivity contribution in [1.82, 2.24) is 15.1 Å². The zero-order valence-corrected chi connectivity index (χ0v) is 15.7. The average Bonchev–Trinajstić information content (AvgIpc) is 3.23. The number of rotatable bonds is 5. The van der Waals surface area contributed by atoms with E-state index in [4.69, 9.17) is 0 Å². The molecule has 4 aromatic rings. The van der Waals surface area contributed by atoms with Crippen LogP contribution in [0.4, 0.5) is 13.2 Å². The summed E-state index contributed by atoms with van der Waals surface area (Å²) < 4.78 is 42.4. The molecular formula is C22H18F3N3O. The Morgan fingerprint density at radius 3 is 2.34 bits per heavy atom. The summed E-state index contributed by atoms with van der Waals surface area (Å²) in [6.45, 7) is 2.17. The molecular weight excluding hydrogens is 379 g/mol. The Balaban J connectivity index is 1.65. The second-order valence-corrected chi connectivity index (χ2v) is 6.85. The molecule has 0 saturated carbocycles. The number of halogens is 3. The van der Waals surface area contributed by atoms with Crippen LogP contribution < -0.4 is 0 Å². The second-order valence-electron chi connectivity index (χ2n) is 6.85. The highest BCUT2D eigenvalue weighted by Crippen LogP contribution is 2.30. The molecule has 2 aromatic carbocycles. The van der Waals surface area contributed by atoms with Gasteiger partial charge in [0.25, 0.3) is 0 Å². The van der Waals surface area contributed by atoms with Gasteiger partial charge in [-0.15, -0.1) is 0 Å². The summed E-state index contributed by atoms with van der Waals surface area (Å²) in [5.41, 5.74) is 4.47. The van der Waals surface area contributed by atoms with Crippen LogP contribution in [0, 0.1) is 0 Å². The first kappa shape index (κ1) is 19.1. The van der Waals surface area contributed by atoms with Gasteiger partial charge in [0.2, 0.25) is 5.82 Å². The number of alkyl halides is 3. The molecule has 0 fully saturated rings. The molecule has 0 amide bonds. The van der Waals surface area contributed by atoms with Crippen molar-refractivity contribution >= 4 is 10.9 Å². The van der Waals surface area contributed by atoms with Crippen LogP contribution in [0.25, 0.3) is 33.4 Å². The Bertz CT molecular complexity index is 1130. The molecule has 29 heavy (non-hydrogen) atoms. The van der Waals surface area contributed by atoms with Crippen LogP contribution in [0.1, 0.15) is 31.2 Å². The maximum Gasteiger partial charge on any atom is 0.471 e. The minimum absolute atomic E-state index is 0.141. The van der Waals surface area contributed by atoms with E-state index in [1.807, 2.05) is 18.2 Å². The van der Waals surface area contributed by atoms with E-state index in [1.165, 1.54) is 11.8 Å². The van der Waals surface area contributed by atoms with Gasteiger partial charge in [0.05, 0.1) is 5.52 Å². The largest absolute Gasteiger partial charge is 0.471 e. The number of unbranched alkanes of at least 4 members (excludes halogenated alkanes) is 1. The monoisotopic (exact) mass is 397 g/mol. The van der Waals surface area contributed by atoms with Crippen molar-refractivity contribution in [3.05, 3.63) is 66.2 Å². The third kappa shape index (κ3) is 4.13. The predicted octanol–water partition coefficient (Wildman–Crippen LogP) is 6.31. The molecule has 7 heteroatoms. The standard InChI is InChI=1S/C22H18F3N3O/c1-2-3-4-14-5-7-15(8-6-14)16-9-10-19-17(11-16)12-18(13-26-19)20-27-21(29-28-20)22(23,24)25/h5-13H,2-4H2,1H3. The van der Waals surface area contributed by atoms with Crippen molar-refractivity contribution < 1.29 is 17.7 Å². The summed E-state index contributed by atoms with van der Waals surface area (Å²) in [4.78, 5) is 7.74. The molecule has 148 valence electrons. The topological polar surface area (TPSA) is 51.8 Å². The number of hydrogen-bond acceptors (Lipinski definition) is 4. The molecule has 0 aliphatic heterocycles. The second kappa shape index (κ2) is 7.66. The van der Waals surface area contributed by atoms with Crippen molar-refractivity contribution in [2.45, 2.75) is 32.4 Å². The van der Waals surface area contributed by atoms with Crippen molar-refractivity contribution in [2.24, 2.45) is 0 Å². The fourth-order valence-corrected chi connectivity index (χ4v) is 3.13. The molecule has 2 heterocycles. The lowest BCUT2D eigenvalue weighted by Gasteiger charge is -2.06. The number of fused-ring (bicyclic) bond motifs is 1. The van der Waals surface area contributed by atoms with Crippen LogP contribution in [0.3, 0.4) is 0 Å². The van der Waals surface area contributed by atoms with E-state index in [-0.39, 0.29) is 5.82 Å². The summed E-state index contributed by atoms with van der Waals surface area (Å²) in [5, 5.41) is 4.21. The molecule has 0 unspecified atom stereocenters. The maximum atomic E-state index is 12.7. The van der Waals surface area contributed by atoms with Gasteiger partial charge in [0.15, 0.2) is 0 Å². The Morgan fingerprint density at radius 1 is 0.931 bits per heavy atom. The lowest BCUT2D eigenvalue weighted by atomic mass is 10.00. The fraction of sp³-hybridized carbons (Fsp3) is 0.227. The molecule has 0 spiro atoms. The van der Waals surface area contributed by atoms with Gasteiger partial charge in [-0.25, -0.2) is 0 Å². The number of aryl methyl sites for hydroxylation is 1. The van der Waals surface area contributed by atoms with E-state index in [0.717, 1.165) is 41.3 Å². The molecule has 0 aliphatic carbocycles. The van der Waals surface area contributed by atoms with E-state index < -0.39 is 12.1 Å². The molecule has 2 aromatic heterocycles. The van der Waals surface area contributed by atoms with Crippen LogP contribution in [0.15, 0.2) is 59.3 Å². The van der Waals surface area contributed by atoms with E-state index in [1.54, 1.807) is 6.07 Å². The molecule has 0 aliphatic rings. The summed E-state index contributed by atoms with van der Waals surface area (Å²) >= 11 is 0. The quantitative estimate of drug-likeness (QED) is 0.396. The Morgan fingerprint density at radius 2 is 1.66 bits per heavy atom. The lowest BCUT2D eigenvalue weighted by Crippen LogP contribution is -2.04. The van der Waals surface area contributed by atoms with Crippen molar-refractivity contribution in [3.63, 3.8) is 0 Å².